The average Bonchev–Trinajstić information content (AvgIpc) is 3.00. The van der Waals surface area contributed by atoms with E-state index in [0.717, 1.165) is 24.1 Å². The van der Waals surface area contributed by atoms with Gasteiger partial charge in [-0.25, -0.2) is 4.52 Å². The van der Waals surface area contributed by atoms with Gasteiger partial charge >= 0.3 is 7.12 Å². The lowest BCUT2D eigenvalue weighted by atomic mass is 9.79. The third-order valence-electron chi connectivity index (χ3n) is 4.57. The number of rotatable bonds is 4. The highest BCUT2D eigenvalue weighted by Crippen LogP contribution is 2.26. The number of pyridine rings is 1. The molecule has 0 aliphatic heterocycles. The van der Waals surface area contributed by atoms with E-state index in [9.17, 15) is 10.0 Å². The van der Waals surface area contributed by atoms with Crippen molar-refractivity contribution in [2.24, 2.45) is 0 Å². The molecule has 3 N–H and O–H groups in total. The molecule has 3 heterocycles. The number of nitriles is 1. The van der Waals surface area contributed by atoms with E-state index in [0.29, 0.717) is 28.4 Å². The SMILES string of the molecule is N#Cc1cnn2c(-c3cc(NC4CCC4)c(B(O)O)cn3)ccc2c1. The minimum atomic E-state index is -1.58. The first-order valence-electron chi connectivity index (χ1n) is 8.16. The number of hydrogen-bond acceptors (Lipinski definition) is 6. The van der Waals surface area contributed by atoms with E-state index >= 15 is 0 Å². The maximum atomic E-state index is 9.59. The Kier molecular flexibility index (Phi) is 3.88. The van der Waals surface area contributed by atoms with Gasteiger partial charge in [0.25, 0.3) is 0 Å². The summed E-state index contributed by atoms with van der Waals surface area (Å²) >= 11 is 0. The van der Waals surface area contributed by atoms with Crippen LogP contribution in [0.5, 0.6) is 0 Å². The Morgan fingerprint density at radius 1 is 1.24 bits per heavy atom. The van der Waals surface area contributed by atoms with Crippen molar-refractivity contribution in [1.82, 2.24) is 14.6 Å². The van der Waals surface area contributed by atoms with E-state index in [1.165, 1.54) is 18.8 Å². The molecule has 0 aromatic carbocycles. The highest BCUT2D eigenvalue weighted by Gasteiger charge is 2.23. The molecule has 3 aromatic heterocycles. The summed E-state index contributed by atoms with van der Waals surface area (Å²) in [6.45, 7) is 0. The van der Waals surface area contributed by atoms with Gasteiger partial charge in [-0.2, -0.15) is 10.4 Å². The van der Waals surface area contributed by atoms with Crippen LogP contribution < -0.4 is 10.8 Å². The summed E-state index contributed by atoms with van der Waals surface area (Å²) in [7, 11) is -1.58. The molecule has 0 radical (unpaired) electrons. The number of nitrogens with zero attached hydrogens (tertiary/aromatic N) is 4. The smallest absolute Gasteiger partial charge is 0.423 e. The summed E-state index contributed by atoms with van der Waals surface area (Å²) in [5.41, 5.74) is 3.77. The lowest BCUT2D eigenvalue weighted by molar-refractivity contribution is 0.425. The molecule has 0 unspecified atom stereocenters. The third-order valence-corrected chi connectivity index (χ3v) is 4.57. The molecular formula is C17H16BN5O2. The van der Waals surface area contributed by atoms with E-state index in [-0.39, 0.29) is 0 Å². The van der Waals surface area contributed by atoms with Crippen LogP contribution in [-0.2, 0) is 0 Å². The van der Waals surface area contributed by atoms with Gasteiger partial charge in [0, 0.05) is 23.4 Å². The van der Waals surface area contributed by atoms with Crippen LogP contribution in [0.3, 0.4) is 0 Å². The summed E-state index contributed by atoms with van der Waals surface area (Å²) in [5, 5.41) is 35.8. The molecular weight excluding hydrogens is 317 g/mol. The van der Waals surface area contributed by atoms with Crippen LogP contribution in [0.4, 0.5) is 5.69 Å². The molecule has 4 rings (SSSR count). The highest BCUT2D eigenvalue weighted by atomic mass is 16.4. The standard InChI is InChI=1S/C17H16BN5O2/c19-8-11-6-13-4-5-17(23(13)21-9-11)16-7-15(22-12-2-1-3-12)14(10-20-16)18(24)25/h4-7,9-10,12,24-25H,1-3H2,(H,20,22). The number of anilines is 1. The second-order valence-electron chi connectivity index (χ2n) is 6.21. The molecule has 1 saturated carbocycles. The third kappa shape index (κ3) is 2.84. The second-order valence-corrected chi connectivity index (χ2v) is 6.21. The average molecular weight is 333 g/mol. The molecule has 1 aliphatic carbocycles. The van der Waals surface area contributed by atoms with E-state index in [2.05, 4.69) is 21.5 Å². The summed E-state index contributed by atoms with van der Waals surface area (Å²) in [4.78, 5) is 4.36. The van der Waals surface area contributed by atoms with Crippen molar-refractivity contribution < 1.29 is 10.0 Å². The summed E-state index contributed by atoms with van der Waals surface area (Å²) in [5.74, 6) is 0. The minimum Gasteiger partial charge on any atom is -0.423 e. The monoisotopic (exact) mass is 333 g/mol. The van der Waals surface area contributed by atoms with Gasteiger partial charge in [-0.15, -0.1) is 0 Å². The van der Waals surface area contributed by atoms with Crippen molar-refractivity contribution in [2.45, 2.75) is 25.3 Å². The quantitative estimate of drug-likeness (QED) is 0.613. The fourth-order valence-corrected chi connectivity index (χ4v) is 2.96. The van der Waals surface area contributed by atoms with Gasteiger partial charge in [0.2, 0.25) is 0 Å². The van der Waals surface area contributed by atoms with Crippen molar-refractivity contribution in [2.75, 3.05) is 5.32 Å². The lowest BCUT2D eigenvalue weighted by Crippen LogP contribution is -2.36. The highest BCUT2D eigenvalue weighted by molar-refractivity contribution is 6.60. The maximum Gasteiger partial charge on any atom is 0.492 e. The molecule has 8 heteroatoms. The van der Waals surface area contributed by atoms with Crippen LogP contribution in [-0.4, -0.2) is 37.8 Å². The predicted molar refractivity (Wildman–Crippen MR) is 94.2 cm³/mol. The number of hydrogen-bond donors (Lipinski definition) is 3. The zero-order valence-electron chi connectivity index (χ0n) is 13.4. The zero-order chi connectivity index (χ0) is 17.4. The second kappa shape index (κ2) is 6.20. The largest absolute Gasteiger partial charge is 0.492 e. The van der Waals surface area contributed by atoms with Crippen LogP contribution in [0, 0.1) is 11.3 Å². The minimum absolute atomic E-state index is 0.355. The van der Waals surface area contributed by atoms with Crippen LogP contribution in [0.1, 0.15) is 24.8 Å². The molecule has 0 bridgehead atoms. The van der Waals surface area contributed by atoms with E-state index < -0.39 is 7.12 Å². The number of nitrogens with one attached hydrogen (secondary N) is 1. The molecule has 25 heavy (non-hydrogen) atoms. The molecule has 1 aliphatic rings. The molecule has 7 nitrogen and oxygen atoms in total. The molecule has 0 saturated heterocycles. The van der Waals surface area contributed by atoms with Gasteiger partial charge in [-0.1, -0.05) is 0 Å². The van der Waals surface area contributed by atoms with E-state index in [4.69, 9.17) is 5.26 Å². The van der Waals surface area contributed by atoms with Gasteiger partial charge in [0.05, 0.1) is 28.7 Å². The van der Waals surface area contributed by atoms with E-state index in [1.54, 1.807) is 10.6 Å². The van der Waals surface area contributed by atoms with Crippen molar-refractivity contribution in [3.05, 3.63) is 42.2 Å². The van der Waals surface area contributed by atoms with Gasteiger partial charge < -0.3 is 15.4 Å². The summed E-state index contributed by atoms with van der Waals surface area (Å²) in [6, 6.07) is 9.76. The maximum absolute atomic E-state index is 9.59. The molecule has 1 fully saturated rings. The Hall–Kier alpha value is -2.89. The summed E-state index contributed by atoms with van der Waals surface area (Å²) < 4.78 is 1.71. The van der Waals surface area contributed by atoms with Crippen molar-refractivity contribution >= 4 is 23.8 Å². The fourth-order valence-electron chi connectivity index (χ4n) is 2.96. The lowest BCUT2D eigenvalue weighted by Gasteiger charge is -2.28. The topological polar surface area (TPSA) is 106 Å². The fraction of sp³-hybridized carbons (Fsp3) is 0.235. The van der Waals surface area contributed by atoms with Crippen LogP contribution in [0.2, 0.25) is 0 Å². The van der Waals surface area contributed by atoms with Crippen molar-refractivity contribution in [1.29, 1.82) is 5.26 Å². The Labute approximate surface area is 144 Å². The first kappa shape index (κ1) is 15.6. The Balaban J connectivity index is 1.77. The summed E-state index contributed by atoms with van der Waals surface area (Å²) in [6.07, 6.45) is 6.32. The van der Waals surface area contributed by atoms with Crippen LogP contribution in [0.25, 0.3) is 16.9 Å². The van der Waals surface area contributed by atoms with Crippen LogP contribution in [0.15, 0.2) is 36.7 Å². The molecule has 3 aromatic rings. The van der Waals surface area contributed by atoms with E-state index in [1.807, 2.05) is 18.2 Å². The zero-order valence-corrected chi connectivity index (χ0v) is 13.4. The first-order chi connectivity index (χ1) is 12.2. The van der Waals surface area contributed by atoms with Crippen molar-refractivity contribution in [3.8, 4) is 17.5 Å². The van der Waals surface area contributed by atoms with Gasteiger partial charge in [0.15, 0.2) is 0 Å². The predicted octanol–water partition coefficient (Wildman–Crippen LogP) is 0.912. The van der Waals surface area contributed by atoms with Gasteiger partial charge in [-0.3, -0.25) is 4.98 Å². The molecule has 124 valence electrons. The molecule has 0 amide bonds. The van der Waals surface area contributed by atoms with Gasteiger partial charge in [0.1, 0.15) is 6.07 Å². The normalized spacial score (nSPS) is 14.1. The molecule has 0 atom stereocenters. The number of fused-ring (bicyclic) bond motifs is 1. The first-order valence-corrected chi connectivity index (χ1v) is 8.16. The van der Waals surface area contributed by atoms with Crippen molar-refractivity contribution in [3.63, 3.8) is 0 Å². The Bertz CT molecular complexity index is 975. The van der Waals surface area contributed by atoms with Gasteiger partial charge in [-0.05, 0) is 43.5 Å². The Morgan fingerprint density at radius 3 is 2.76 bits per heavy atom. The Morgan fingerprint density at radius 2 is 2.08 bits per heavy atom. The number of aromatic nitrogens is 3. The molecule has 0 spiro atoms. The van der Waals surface area contributed by atoms with Crippen LogP contribution >= 0.6 is 0 Å².